The third-order valence-corrected chi connectivity index (χ3v) is 4.15. The summed E-state index contributed by atoms with van der Waals surface area (Å²) < 4.78 is 5.62. The summed E-state index contributed by atoms with van der Waals surface area (Å²) in [4.78, 5) is 21.2. The number of hydrogen-bond acceptors (Lipinski definition) is 5. The molecule has 3 aromatic rings. The Bertz CT molecular complexity index is 1000. The summed E-state index contributed by atoms with van der Waals surface area (Å²) >= 11 is 0. The van der Waals surface area contributed by atoms with E-state index in [9.17, 15) is 4.79 Å². The number of carbonyl (C=O) groups is 1. The number of ether oxygens (including phenoxy) is 1. The second kappa shape index (κ2) is 9.36. The van der Waals surface area contributed by atoms with Crippen molar-refractivity contribution in [1.29, 1.82) is 0 Å². The summed E-state index contributed by atoms with van der Waals surface area (Å²) in [6, 6.07) is 18.4. The second-order valence-corrected chi connectivity index (χ2v) is 6.40. The van der Waals surface area contributed by atoms with E-state index in [1.54, 1.807) is 12.1 Å². The largest absolute Gasteiger partial charge is 0.439 e. The van der Waals surface area contributed by atoms with Gasteiger partial charge in [0.25, 0.3) is 5.91 Å². The molecule has 0 saturated heterocycles. The molecule has 29 heavy (non-hydrogen) atoms. The van der Waals surface area contributed by atoms with Crippen LogP contribution in [0, 0.1) is 13.8 Å². The lowest BCUT2D eigenvalue weighted by molar-refractivity contribution is -0.120. The van der Waals surface area contributed by atoms with Gasteiger partial charge in [-0.25, -0.2) is 4.98 Å². The van der Waals surface area contributed by atoms with Gasteiger partial charge in [-0.05, 0) is 55.3 Å². The Morgan fingerprint density at radius 1 is 1.07 bits per heavy atom. The maximum Gasteiger partial charge on any atom is 0.265 e. The highest BCUT2D eigenvalue weighted by atomic mass is 16.6. The highest BCUT2D eigenvalue weighted by Gasteiger charge is 2.06. The Morgan fingerprint density at radius 3 is 2.55 bits per heavy atom. The summed E-state index contributed by atoms with van der Waals surface area (Å²) in [5, 5.41) is 6.53. The van der Waals surface area contributed by atoms with Gasteiger partial charge in [0, 0.05) is 23.5 Å². The number of rotatable bonds is 7. The van der Waals surface area contributed by atoms with E-state index in [-0.39, 0.29) is 18.3 Å². The van der Waals surface area contributed by atoms with Crippen molar-refractivity contribution in [3.8, 4) is 11.6 Å². The van der Waals surface area contributed by atoms with E-state index in [0.29, 0.717) is 22.9 Å². The van der Waals surface area contributed by atoms with Gasteiger partial charge in [0.05, 0.1) is 0 Å². The molecule has 0 bridgehead atoms. The first-order valence-electron chi connectivity index (χ1n) is 9.03. The fourth-order valence-corrected chi connectivity index (χ4v) is 2.43. The molecule has 7 nitrogen and oxygen atoms in total. The quantitative estimate of drug-likeness (QED) is 0.363. The summed E-state index contributed by atoms with van der Waals surface area (Å²) in [6.45, 7) is 3.74. The maximum absolute atomic E-state index is 12.0. The van der Waals surface area contributed by atoms with Crippen LogP contribution in [0.15, 0.2) is 72.0 Å². The van der Waals surface area contributed by atoms with Gasteiger partial charge in [-0.2, -0.15) is 0 Å². The monoisotopic (exact) mass is 390 g/mol. The molecule has 3 rings (SSSR count). The number of nitrogens with one attached hydrogen (secondary N) is 1. The third-order valence-electron chi connectivity index (χ3n) is 4.15. The Labute approximate surface area is 169 Å². The van der Waals surface area contributed by atoms with Gasteiger partial charge in [-0.15, -0.1) is 0 Å². The smallest absolute Gasteiger partial charge is 0.265 e. The molecule has 0 aliphatic heterocycles. The number of nitrogens with zero attached hydrogens (tertiary/aromatic N) is 2. The standard InChI is InChI=1S/C22H22N4O3/c1-15-8-10-18(12-16(15)2)25-20(27)14-28-26-22(23)17-9-11-21(24-13-17)29-19-6-4-3-5-7-19/h3-13H,14H2,1-2H3,(H2,23,26)(H,25,27). The van der Waals surface area contributed by atoms with Crippen LogP contribution < -0.4 is 15.8 Å². The van der Waals surface area contributed by atoms with E-state index < -0.39 is 0 Å². The lowest BCUT2D eigenvalue weighted by Gasteiger charge is -2.07. The van der Waals surface area contributed by atoms with E-state index in [2.05, 4.69) is 15.5 Å². The fraction of sp³-hybridized carbons (Fsp3) is 0.136. The Balaban J connectivity index is 1.51. The molecular formula is C22H22N4O3. The van der Waals surface area contributed by atoms with E-state index >= 15 is 0 Å². The van der Waals surface area contributed by atoms with Crippen LogP contribution in [0.1, 0.15) is 16.7 Å². The molecule has 0 atom stereocenters. The zero-order valence-corrected chi connectivity index (χ0v) is 16.3. The molecular weight excluding hydrogens is 368 g/mol. The first kappa shape index (κ1) is 19.9. The Kier molecular flexibility index (Phi) is 6.42. The Morgan fingerprint density at radius 2 is 1.86 bits per heavy atom. The number of benzene rings is 2. The highest BCUT2D eigenvalue weighted by molar-refractivity contribution is 5.97. The molecule has 1 amide bonds. The minimum Gasteiger partial charge on any atom is -0.439 e. The molecule has 0 fully saturated rings. The number of aryl methyl sites for hydroxylation is 2. The van der Waals surface area contributed by atoms with E-state index in [0.717, 1.165) is 11.1 Å². The minimum absolute atomic E-state index is 0.114. The summed E-state index contributed by atoms with van der Waals surface area (Å²) in [5.74, 6) is 0.909. The molecule has 1 aromatic heterocycles. The van der Waals surface area contributed by atoms with Crippen LogP contribution in [0.5, 0.6) is 11.6 Å². The number of nitrogens with two attached hydrogens (primary N) is 1. The van der Waals surface area contributed by atoms with E-state index in [1.807, 2.05) is 62.4 Å². The van der Waals surface area contributed by atoms with Crippen LogP contribution in [-0.4, -0.2) is 23.3 Å². The van der Waals surface area contributed by atoms with Gasteiger partial charge >= 0.3 is 0 Å². The number of oxime groups is 1. The molecule has 0 spiro atoms. The summed E-state index contributed by atoms with van der Waals surface area (Å²) in [6.07, 6.45) is 1.52. The lowest BCUT2D eigenvalue weighted by atomic mass is 10.1. The molecule has 3 N–H and O–H groups in total. The van der Waals surface area contributed by atoms with Gasteiger partial charge in [-0.1, -0.05) is 29.4 Å². The molecule has 2 aromatic carbocycles. The zero-order valence-electron chi connectivity index (χ0n) is 16.3. The SMILES string of the molecule is Cc1ccc(NC(=O)CO/N=C(/N)c2ccc(Oc3ccccc3)nc2)cc1C. The number of hydrogen-bond donors (Lipinski definition) is 2. The molecule has 1 heterocycles. The van der Waals surface area contributed by atoms with E-state index in [4.69, 9.17) is 15.3 Å². The summed E-state index contributed by atoms with van der Waals surface area (Å²) in [7, 11) is 0. The number of anilines is 1. The van der Waals surface area contributed by atoms with Crippen LogP contribution in [0.3, 0.4) is 0 Å². The van der Waals surface area contributed by atoms with E-state index in [1.165, 1.54) is 6.20 Å². The zero-order chi connectivity index (χ0) is 20.6. The number of amides is 1. The van der Waals surface area contributed by atoms with Gasteiger partial charge < -0.3 is 20.6 Å². The van der Waals surface area contributed by atoms with Crippen molar-refractivity contribution in [3.05, 3.63) is 83.6 Å². The van der Waals surface area contributed by atoms with Crippen molar-refractivity contribution in [2.45, 2.75) is 13.8 Å². The first-order valence-corrected chi connectivity index (χ1v) is 9.03. The minimum atomic E-state index is -0.325. The van der Waals surface area contributed by atoms with Crippen molar-refractivity contribution < 1.29 is 14.4 Å². The number of carbonyl (C=O) groups excluding carboxylic acids is 1. The maximum atomic E-state index is 12.0. The molecule has 148 valence electrons. The lowest BCUT2D eigenvalue weighted by Crippen LogP contribution is -2.19. The molecule has 7 heteroatoms. The molecule has 0 aliphatic carbocycles. The average molecular weight is 390 g/mol. The number of para-hydroxylation sites is 1. The van der Waals surface area contributed by atoms with Gasteiger partial charge in [0.1, 0.15) is 5.75 Å². The second-order valence-electron chi connectivity index (χ2n) is 6.40. The van der Waals surface area contributed by atoms with Crippen LogP contribution in [0.25, 0.3) is 0 Å². The van der Waals surface area contributed by atoms with Crippen molar-refractivity contribution in [3.63, 3.8) is 0 Å². The number of amidine groups is 1. The van der Waals surface area contributed by atoms with Crippen molar-refractivity contribution >= 4 is 17.4 Å². The molecule has 0 saturated carbocycles. The predicted molar refractivity (Wildman–Crippen MR) is 112 cm³/mol. The predicted octanol–water partition coefficient (Wildman–Crippen LogP) is 3.77. The average Bonchev–Trinajstić information content (AvgIpc) is 2.72. The molecule has 0 unspecified atom stereocenters. The van der Waals surface area contributed by atoms with Crippen LogP contribution in [0.2, 0.25) is 0 Å². The van der Waals surface area contributed by atoms with Gasteiger partial charge in [0.2, 0.25) is 5.88 Å². The third kappa shape index (κ3) is 5.80. The van der Waals surface area contributed by atoms with Gasteiger partial charge in [-0.3, -0.25) is 4.79 Å². The highest BCUT2D eigenvalue weighted by Crippen LogP contribution is 2.18. The van der Waals surface area contributed by atoms with Gasteiger partial charge in [0.15, 0.2) is 12.4 Å². The topological polar surface area (TPSA) is 98.8 Å². The fourth-order valence-electron chi connectivity index (χ4n) is 2.43. The molecule has 0 aliphatic rings. The normalized spacial score (nSPS) is 11.0. The van der Waals surface area contributed by atoms with Crippen molar-refractivity contribution in [2.75, 3.05) is 11.9 Å². The number of aromatic nitrogens is 1. The van der Waals surface area contributed by atoms with Crippen molar-refractivity contribution in [1.82, 2.24) is 4.98 Å². The van der Waals surface area contributed by atoms with Crippen molar-refractivity contribution in [2.24, 2.45) is 10.9 Å². The van der Waals surface area contributed by atoms with Crippen LogP contribution >= 0.6 is 0 Å². The molecule has 0 radical (unpaired) electrons. The number of pyridine rings is 1. The Hall–Kier alpha value is -3.87. The first-order chi connectivity index (χ1) is 14.0. The van der Waals surface area contributed by atoms with Crippen LogP contribution in [-0.2, 0) is 9.63 Å². The van der Waals surface area contributed by atoms with Crippen LogP contribution in [0.4, 0.5) is 5.69 Å². The summed E-state index contributed by atoms with van der Waals surface area (Å²) in [5.41, 5.74) is 9.40.